The van der Waals surface area contributed by atoms with Crippen LogP contribution >= 0.6 is 0 Å². The van der Waals surface area contributed by atoms with Crippen molar-refractivity contribution in [1.82, 2.24) is 4.90 Å². The van der Waals surface area contributed by atoms with Crippen LogP contribution in [0.15, 0.2) is 12.2 Å². The third-order valence-corrected chi connectivity index (χ3v) is 5.80. The smallest absolute Gasteiger partial charge is 0.0312 e. The molecule has 1 heteroatoms. The first-order chi connectivity index (χ1) is 12.4. The molecule has 0 aromatic rings. The highest BCUT2D eigenvalue weighted by atomic mass is 15.1. The minimum Gasteiger partial charge on any atom is -0.297 e. The van der Waals surface area contributed by atoms with Gasteiger partial charge in [0.05, 0.1) is 0 Å². The molecule has 0 fully saturated rings. The first-order valence-electron chi connectivity index (χ1n) is 11.8. The number of hydrogen-bond acceptors (Lipinski definition) is 1. The molecule has 1 nitrogen and oxygen atoms in total. The molecule has 1 aliphatic rings. The van der Waals surface area contributed by atoms with Gasteiger partial charge in [0.15, 0.2) is 0 Å². The Kier molecular flexibility index (Phi) is 15.6. The molecule has 148 valence electrons. The summed E-state index contributed by atoms with van der Waals surface area (Å²) in [5.74, 6) is 0. The van der Waals surface area contributed by atoms with E-state index in [1.165, 1.54) is 122 Å². The van der Waals surface area contributed by atoms with Crippen LogP contribution in [0.3, 0.4) is 0 Å². The molecule has 0 radical (unpaired) electrons. The second-order valence-electron chi connectivity index (χ2n) is 8.22. The molecule has 0 aliphatic heterocycles. The Hall–Kier alpha value is -0.300. The lowest BCUT2D eigenvalue weighted by Crippen LogP contribution is -2.38. The monoisotopic (exact) mass is 349 g/mol. The van der Waals surface area contributed by atoms with E-state index in [1.54, 1.807) is 0 Å². The fourth-order valence-electron chi connectivity index (χ4n) is 3.87. The maximum Gasteiger partial charge on any atom is 0.0312 e. The highest BCUT2D eigenvalue weighted by Crippen LogP contribution is 2.19. The maximum absolute atomic E-state index is 2.77. The van der Waals surface area contributed by atoms with Crippen molar-refractivity contribution in [3.8, 4) is 0 Å². The van der Waals surface area contributed by atoms with Gasteiger partial charge in [0, 0.05) is 6.04 Å². The molecule has 0 bridgehead atoms. The number of hydrogen-bond donors (Lipinski definition) is 0. The van der Waals surface area contributed by atoms with Crippen molar-refractivity contribution in [3.05, 3.63) is 12.2 Å². The quantitative estimate of drug-likeness (QED) is 0.169. The van der Waals surface area contributed by atoms with Crippen LogP contribution in [0.2, 0.25) is 0 Å². The summed E-state index contributed by atoms with van der Waals surface area (Å²) >= 11 is 0. The molecule has 0 aromatic carbocycles. The third-order valence-electron chi connectivity index (χ3n) is 5.80. The number of unbranched alkanes of at least 4 members (excludes halogenated alkanes) is 14. The number of nitrogens with zero attached hydrogens (tertiary/aromatic N) is 1. The molecule has 1 unspecified atom stereocenters. The van der Waals surface area contributed by atoms with Gasteiger partial charge in [-0.3, -0.25) is 4.90 Å². The van der Waals surface area contributed by atoms with E-state index in [2.05, 4.69) is 30.9 Å². The Morgan fingerprint density at radius 1 is 0.600 bits per heavy atom. The highest BCUT2D eigenvalue weighted by molar-refractivity contribution is 5.07. The largest absolute Gasteiger partial charge is 0.297 e. The Morgan fingerprint density at radius 3 is 1.28 bits per heavy atom. The molecule has 25 heavy (non-hydrogen) atoms. The van der Waals surface area contributed by atoms with Gasteiger partial charge in [-0.2, -0.15) is 0 Å². The minimum atomic E-state index is 0.772. The van der Waals surface area contributed by atoms with Crippen molar-refractivity contribution in [3.63, 3.8) is 0 Å². The molecular weight excluding hydrogens is 302 g/mol. The van der Waals surface area contributed by atoms with Crippen LogP contribution < -0.4 is 0 Å². The van der Waals surface area contributed by atoms with Crippen molar-refractivity contribution in [1.29, 1.82) is 0 Å². The van der Waals surface area contributed by atoms with Crippen LogP contribution in [0.5, 0.6) is 0 Å². The molecule has 0 saturated heterocycles. The van der Waals surface area contributed by atoms with E-state index in [4.69, 9.17) is 0 Å². The van der Waals surface area contributed by atoms with Gasteiger partial charge >= 0.3 is 0 Å². The van der Waals surface area contributed by atoms with Gasteiger partial charge in [-0.1, -0.05) is 116 Å². The molecule has 1 aliphatic carbocycles. The van der Waals surface area contributed by atoms with Crippen LogP contribution in [0.1, 0.15) is 123 Å². The summed E-state index contributed by atoms with van der Waals surface area (Å²) in [6.45, 7) is 7.27. The molecule has 1 rings (SSSR count). The van der Waals surface area contributed by atoms with E-state index in [0.717, 1.165) is 6.04 Å². The fraction of sp³-hybridized carbons (Fsp3) is 0.917. The Balaban J connectivity index is 1.97. The zero-order valence-electron chi connectivity index (χ0n) is 17.6. The van der Waals surface area contributed by atoms with E-state index in [-0.39, 0.29) is 0 Å². The van der Waals surface area contributed by atoms with Crippen LogP contribution in [0, 0.1) is 0 Å². The Labute approximate surface area is 159 Å². The second kappa shape index (κ2) is 17.1. The van der Waals surface area contributed by atoms with Crippen molar-refractivity contribution >= 4 is 0 Å². The zero-order valence-corrected chi connectivity index (χ0v) is 17.6. The summed E-state index contributed by atoms with van der Waals surface area (Å²) in [4.78, 5) is 2.77. The molecule has 0 aromatic heterocycles. The maximum atomic E-state index is 2.77. The number of rotatable bonds is 19. The van der Waals surface area contributed by atoms with E-state index in [1.807, 2.05) is 0 Å². The summed E-state index contributed by atoms with van der Waals surface area (Å²) in [5, 5.41) is 0. The van der Waals surface area contributed by atoms with Crippen LogP contribution in [0.4, 0.5) is 0 Å². The first kappa shape index (κ1) is 22.7. The summed E-state index contributed by atoms with van der Waals surface area (Å²) in [5.41, 5.74) is 0. The van der Waals surface area contributed by atoms with E-state index in [0.29, 0.717) is 0 Å². The van der Waals surface area contributed by atoms with Gasteiger partial charge in [0.2, 0.25) is 0 Å². The van der Waals surface area contributed by atoms with Gasteiger partial charge in [0.1, 0.15) is 0 Å². The summed E-state index contributed by atoms with van der Waals surface area (Å²) in [7, 11) is 0. The topological polar surface area (TPSA) is 3.24 Å². The lowest BCUT2D eigenvalue weighted by Gasteiger charge is -2.33. The minimum absolute atomic E-state index is 0.772. The average molecular weight is 350 g/mol. The summed E-state index contributed by atoms with van der Waals surface area (Å²) in [6, 6.07) is 0.772. The van der Waals surface area contributed by atoms with E-state index in [9.17, 15) is 0 Å². The standard InChI is InChI=1S/C24H47N/c1-3-5-7-9-11-13-15-17-22-25(24-20-19-21-24)23-18-16-14-12-10-8-6-4-2/h19-20,24H,3-18,21-23H2,1-2H3. The first-order valence-corrected chi connectivity index (χ1v) is 11.8. The van der Waals surface area contributed by atoms with Crippen molar-refractivity contribution < 1.29 is 0 Å². The predicted octanol–water partition coefficient (Wildman–Crippen LogP) is 7.90. The third kappa shape index (κ3) is 12.7. The van der Waals surface area contributed by atoms with E-state index >= 15 is 0 Å². The molecule has 1 atom stereocenters. The van der Waals surface area contributed by atoms with Gasteiger partial charge < -0.3 is 0 Å². The van der Waals surface area contributed by atoms with Gasteiger partial charge in [-0.05, 0) is 32.4 Å². The average Bonchev–Trinajstić information content (AvgIpc) is 2.57. The summed E-state index contributed by atoms with van der Waals surface area (Å²) in [6.07, 6.45) is 29.0. The molecule has 0 spiro atoms. The molecular formula is C24H47N. The molecule has 0 amide bonds. The zero-order chi connectivity index (χ0) is 18.0. The van der Waals surface area contributed by atoms with Gasteiger partial charge in [-0.15, -0.1) is 0 Å². The lowest BCUT2D eigenvalue weighted by molar-refractivity contribution is 0.208. The second-order valence-corrected chi connectivity index (χ2v) is 8.22. The van der Waals surface area contributed by atoms with Crippen LogP contribution in [-0.2, 0) is 0 Å². The van der Waals surface area contributed by atoms with Crippen molar-refractivity contribution in [2.45, 2.75) is 129 Å². The summed E-state index contributed by atoms with van der Waals surface area (Å²) < 4.78 is 0. The molecule has 0 saturated carbocycles. The van der Waals surface area contributed by atoms with Crippen molar-refractivity contribution in [2.75, 3.05) is 13.1 Å². The van der Waals surface area contributed by atoms with Crippen LogP contribution in [-0.4, -0.2) is 24.0 Å². The fourth-order valence-corrected chi connectivity index (χ4v) is 3.87. The predicted molar refractivity (Wildman–Crippen MR) is 114 cm³/mol. The molecule has 0 heterocycles. The van der Waals surface area contributed by atoms with E-state index < -0.39 is 0 Å². The van der Waals surface area contributed by atoms with Gasteiger partial charge in [-0.25, -0.2) is 0 Å². The SMILES string of the molecule is CCCCCCCCCCN(CCCCCCCCCC)C1C=CC1. The molecule has 0 N–H and O–H groups in total. The van der Waals surface area contributed by atoms with Crippen molar-refractivity contribution in [2.24, 2.45) is 0 Å². The van der Waals surface area contributed by atoms with Crippen LogP contribution in [0.25, 0.3) is 0 Å². The van der Waals surface area contributed by atoms with Gasteiger partial charge in [0.25, 0.3) is 0 Å². The Bertz CT molecular complexity index is 276. The lowest BCUT2D eigenvalue weighted by atomic mass is 10.0. The Morgan fingerprint density at radius 2 is 0.960 bits per heavy atom. The highest BCUT2D eigenvalue weighted by Gasteiger charge is 2.18. The normalized spacial score (nSPS) is 16.5.